The molecule has 0 spiro atoms. The molecule has 2 amide bonds. The molecular formula is C16H22N4O2. The van der Waals surface area contributed by atoms with E-state index in [1.54, 1.807) is 13.4 Å². The number of hydrogen-bond donors (Lipinski definition) is 2. The first-order valence-corrected chi connectivity index (χ1v) is 7.29. The van der Waals surface area contributed by atoms with Gasteiger partial charge in [-0.3, -0.25) is 0 Å². The standard InChI is InChI=1S/C16H22N4O2/c1-20-11-14(19-12-20)8-10-18-16(21)17-9-7-13-3-5-15(22-2)6-4-13/h3-6,11-12H,7-10H2,1-2H3,(H2,17,18,21). The molecule has 0 bridgehead atoms. The average Bonchev–Trinajstić information content (AvgIpc) is 2.93. The van der Waals surface area contributed by atoms with Crippen molar-refractivity contribution >= 4 is 6.03 Å². The fourth-order valence-electron chi connectivity index (χ4n) is 2.08. The van der Waals surface area contributed by atoms with Crippen molar-refractivity contribution in [3.8, 4) is 5.75 Å². The molecule has 0 unspecified atom stereocenters. The smallest absolute Gasteiger partial charge is 0.314 e. The summed E-state index contributed by atoms with van der Waals surface area (Å²) in [5, 5.41) is 5.67. The molecule has 118 valence electrons. The maximum absolute atomic E-state index is 11.7. The third-order valence-electron chi connectivity index (χ3n) is 3.28. The van der Waals surface area contributed by atoms with Gasteiger partial charge in [0.1, 0.15) is 5.75 Å². The minimum Gasteiger partial charge on any atom is -0.497 e. The molecule has 1 aromatic heterocycles. The van der Waals surface area contributed by atoms with Gasteiger partial charge in [-0.25, -0.2) is 9.78 Å². The quantitative estimate of drug-likeness (QED) is 0.814. The van der Waals surface area contributed by atoms with E-state index in [0.29, 0.717) is 13.1 Å². The molecule has 0 aliphatic carbocycles. The molecule has 6 nitrogen and oxygen atoms in total. The Hall–Kier alpha value is -2.50. The van der Waals surface area contributed by atoms with Crippen LogP contribution in [0.5, 0.6) is 5.75 Å². The van der Waals surface area contributed by atoms with Crippen molar-refractivity contribution in [2.45, 2.75) is 12.8 Å². The van der Waals surface area contributed by atoms with Crippen molar-refractivity contribution in [1.29, 1.82) is 0 Å². The van der Waals surface area contributed by atoms with Crippen molar-refractivity contribution < 1.29 is 9.53 Å². The highest BCUT2D eigenvalue weighted by molar-refractivity contribution is 5.73. The van der Waals surface area contributed by atoms with Gasteiger partial charge in [-0.05, 0) is 24.1 Å². The predicted molar refractivity (Wildman–Crippen MR) is 85.0 cm³/mol. The number of aromatic nitrogens is 2. The van der Waals surface area contributed by atoms with Crippen LogP contribution >= 0.6 is 0 Å². The second-order valence-electron chi connectivity index (χ2n) is 5.06. The summed E-state index contributed by atoms with van der Waals surface area (Å²) in [5.74, 6) is 0.837. The Bertz CT molecular complexity index is 592. The zero-order valence-corrected chi connectivity index (χ0v) is 13.0. The molecule has 0 aliphatic rings. The summed E-state index contributed by atoms with van der Waals surface area (Å²) in [4.78, 5) is 15.9. The maximum Gasteiger partial charge on any atom is 0.314 e. The Morgan fingerprint density at radius 2 is 1.86 bits per heavy atom. The predicted octanol–water partition coefficient (Wildman–Crippen LogP) is 1.51. The number of hydrogen-bond acceptors (Lipinski definition) is 3. The number of nitrogens with one attached hydrogen (secondary N) is 2. The van der Waals surface area contributed by atoms with E-state index in [2.05, 4.69) is 15.6 Å². The summed E-state index contributed by atoms with van der Waals surface area (Å²) in [7, 11) is 3.57. The number of urea groups is 1. The maximum atomic E-state index is 11.7. The van der Waals surface area contributed by atoms with Crippen LogP contribution in [0.25, 0.3) is 0 Å². The van der Waals surface area contributed by atoms with Gasteiger partial charge in [-0.1, -0.05) is 12.1 Å². The Morgan fingerprint density at radius 1 is 1.18 bits per heavy atom. The van der Waals surface area contributed by atoms with Gasteiger partial charge in [0.25, 0.3) is 0 Å². The van der Waals surface area contributed by atoms with Crippen LogP contribution < -0.4 is 15.4 Å². The van der Waals surface area contributed by atoms with Crippen molar-refractivity contribution in [2.24, 2.45) is 7.05 Å². The van der Waals surface area contributed by atoms with Gasteiger partial charge in [0, 0.05) is 32.8 Å². The molecule has 22 heavy (non-hydrogen) atoms. The number of benzene rings is 1. The molecule has 1 heterocycles. The zero-order valence-electron chi connectivity index (χ0n) is 13.0. The van der Waals surface area contributed by atoms with Crippen LogP contribution in [0.3, 0.4) is 0 Å². The first-order valence-electron chi connectivity index (χ1n) is 7.29. The lowest BCUT2D eigenvalue weighted by Crippen LogP contribution is -2.37. The van der Waals surface area contributed by atoms with Crippen molar-refractivity contribution in [3.05, 3.63) is 48.0 Å². The summed E-state index contributed by atoms with van der Waals surface area (Å²) >= 11 is 0. The van der Waals surface area contributed by atoms with Gasteiger partial charge >= 0.3 is 6.03 Å². The van der Waals surface area contributed by atoms with E-state index in [4.69, 9.17) is 4.74 Å². The van der Waals surface area contributed by atoms with Crippen LogP contribution in [0.4, 0.5) is 4.79 Å². The van der Waals surface area contributed by atoms with Gasteiger partial charge in [0.2, 0.25) is 0 Å². The van der Waals surface area contributed by atoms with Gasteiger partial charge in [-0.2, -0.15) is 0 Å². The van der Waals surface area contributed by atoms with E-state index in [9.17, 15) is 4.79 Å². The molecule has 0 aliphatic heterocycles. The largest absolute Gasteiger partial charge is 0.497 e. The fourth-order valence-corrected chi connectivity index (χ4v) is 2.08. The summed E-state index contributed by atoms with van der Waals surface area (Å²) < 4.78 is 7.00. The van der Waals surface area contributed by atoms with E-state index >= 15 is 0 Å². The van der Waals surface area contributed by atoms with Crippen molar-refractivity contribution in [2.75, 3.05) is 20.2 Å². The topological polar surface area (TPSA) is 68.2 Å². The average molecular weight is 302 g/mol. The number of carbonyl (C=O) groups excluding carboxylic acids is 1. The van der Waals surface area contributed by atoms with Crippen molar-refractivity contribution in [1.82, 2.24) is 20.2 Å². The molecule has 0 fully saturated rings. The normalized spacial score (nSPS) is 10.3. The minimum absolute atomic E-state index is 0.149. The van der Waals surface area contributed by atoms with Crippen LogP contribution in [0, 0.1) is 0 Å². The molecule has 2 aromatic rings. The van der Waals surface area contributed by atoms with Crippen LogP contribution in [-0.4, -0.2) is 35.8 Å². The minimum atomic E-state index is -0.149. The number of imidazole rings is 1. The molecule has 0 saturated carbocycles. The molecule has 1 aromatic carbocycles. The number of nitrogens with zero attached hydrogens (tertiary/aromatic N) is 2. The number of methoxy groups -OCH3 is 1. The summed E-state index contributed by atoms with van der Waals surface area (Å²) in [5.41, 5.74) is 2.13. The number of aryl methyl sites for hydroxylation is 1. The van der Waals surface area contributed by atoms with E-state index in [1.165, 1.54) is 0 Å². The second-order valence-corrected chi connectivity index (χ2v) is 5.06. The second kappa shape index (κ2) is 8.07. The van der Waals surface area contributed by atoms with Crippen molar-refractivity contribution in [3.63, 3.8) is 0 Å². The van der Waals surface area contributed by atoms with E-state index in [-0.39, 0.29) is 6.03 Å². The molecule has 0 saturated heterocycles. The Morgan fingerprint density at radius 3 is 2.45 bits per heavy atom. The first-order chi connectivity index (χ1) is 10.7. The first kappa shape index (κ1) is 15.9. The van der Waals surface area contributed by atoms with Gasteiger partial charge in [0.15, 0.2) is 0 Å². The Balaban J connectivity index is 1.60. The Labute approximate surface area is 130 Å². The molecule has 0 atom stereocenters. The summed E-state index contributed by atoms with van der Waals surface area (Å²) in [6, 6.07) is 7.69. The van der Waals surface area contributed by atoms with Crippen LogP contribution in [0.15, 0.2) is 36.8 Å². The number of ether oxygens (including phenoxy) is 1. The van der Waals surface area contributed by atoms with E-state index in [1.807, 2.05) is 42.1 Å². The molecule has 2 N–H and O–H groups in total. The SMILES string of the molecule is COc1ccc(CCNC(=O)NCCc2cn(C)cn2)cc1. The zero-order chi connectivity index (χ0) is 15.8. The summed E-state index contributed by atoms with van der Waals surface area (Å²) in [6.45, 7) is 1.17. The third kappa shape index (κ3) is 5.12. The highest BCUT2D eigenvalue weighted by Crippen LogP contribution is 2.11. The highest BCUT2D eigenvalue weighted by Gasteiger charge is 2.01. The summed E-state index contributed by atoms with van der Waals surface area (Å²) in [6.07, 6.45) is 5.22. The highest BCUT2D eigenvalue weighted by atomic mass is 16.5. The van der Waals surface area contributed by atoms with Crippen LogP contribution in [-0.2, 0) is 19.9 Å². The van der Waals surface area contributed by atoms with Crippen LogP contribution in [0.1, 0.15) is 11.3 Å². The van der Waals surface area contributed by atoms with E-state index < -0.39 is 0 Å². The van der Waals surface area contributed by atoms with E-state index in [0.717, 1.165) is 29.8 Å². The molecule has 6 heteroatoms. The van der Waals surface area contributed by atoms with Crippen LogP contribution in [0.2, 0.25) is 0 Å². The molecule has 2 rings (SSSR count). The number of carbonyl (C=O) groups is 1. The molecule has 0 radical (unpaired) electrons. The fraction of sp³-hybridized carbons (Fsp3) is 0.375. The lowest BCUT2D eigenvalue weighted by Gasteiger charge is -2.07. The number of rotatable bonds is 7. The van der Waals surface area contributed by atoms with Gasteiger partial charge in [0.05, 0.1) is 19.1 Å². The lowest BCUT2D eigenvalue weighted by molar-refractivity contribution is 0.241. The van der Waals surface area contributed by atoms with Gasteiger partial charge < -0.3 is 19.9 Å². The number of amides is 2. The Kier molecular flexibility index (Phi) is 5.82. The van der Waals surface area contributed by atoms with Gasteiger partial charge in [-0.15, -0.1) is 0 Å². The molecular weight excluding hydrogens is 280 g/mol. The lowest BCUT2D eigenvalue weighted by atomic mass is 10.1. The monoisotopic (exact) mass is 302 g/mol. The third-order valence-corrected chi connectivity index (χ3v) is 3.28.